The first-order valence-electron chi connectivity index (χ1n) is 9.01. The van der Waals surface area contributed by atoms with Gasteiger partial charge >= 0.3 is 6.03 Å². The van der Waals surface area contributed by atoms with Gasteiger partial charge in [0.1, 0.15) is 12.1 Å². The first-order valence-corrected chi connectivity index (χ1v) is 9.01. The number of fused-ring (bicyclic) bond motifs is 1. The zero-order valence-corrected chi connectivity index (χ0v) is 14.5. The van der Waals surface area contributed by atoms with Gasteiger partial charge in [-0.25, -0.2) is 4.79 Å². The molecule has 0 atom stereocenters. The molecule has 2 fully saturated rings. The van der Waals surface area contributed by atoms with Crippen LogP contribution in [0.15, 0.2) is 42.5 Å². The summed E-state index contributed by atoms with van der Waals surface area (Å²) in [6.45, 7) is -0.268. The molecule has 1 aliphatic carbocycles. The van der Waals surface area contributed by atoms with Crippen LogP contribution in [0, 0.1) is 0 Å². The van der Waals surface area contributed by atoms with Crippen molar-refractivity contribution < 1.29 is 14.4 Å². The average molecular weight is 351 g/mol. The number of anilines is 1. The molecular formula is C20H21N3O3. The zero-order chi connectivity index (χ0) is 18.1. The van der Waals surface area contributed by atoms with Crippen LogP contribution >= 0.6 is 0 Å². The van der Waals surface area contributed by atoms with Crippen molar-refractivity contribution in [3.8, 4) is 0 Å². The molecule has 134 valence electrons. The lowest BCUT2D eigenvalue weighted by Gasteiger charge is -2.30. The number of hydrogen-bond donors (Lipinski definition) is 2. The first kappa shape index (κ1) is 16.6. The van der Waals surface area contributed by atoms with Crippen molar-refractivity contribution in [2.45, 2.75) is 37.6 Å². The lowest BCUT2D eigenvalue weighted by molar-refractivity contribution is -0.134. The normalized spacial score (nSPS) is 19.0. The number of nitrogens with zero attached hydrogens (tertiary/aromatic N) is 1. The van der Waals surface area contributed by atoms with Crippen molar-refractivity contribution in [1.29, 1.82) is 0 Å². The Bertz CT molecular complexity index is 882. The summed E-state index contributed by atoms with van der Waals surface area (Å²) in [4.78, 5) is 38.6. The van der Waals surface area contributed by atoms with Crippen LogP contribution in [0.5, 0.6) is 0 Å². The molecule has 6 heteroatoms. The van der Waals surface area contributed by atoms with Gasteiger partial charge < -0.3 is 10.6 Å². The minimum absolute atomic E-state index is 0.268. The standard InChI is InChI=1S/C20H21N3O3/c24-17(21-16-10-6-8-14-7-2-3-9-15(14)16)13-23-18(25)20(22-19(23)26)11-4-1-5-12-20/h2-3,6-10H,1,4-5,11-13H2,(H,21,24)(H,22,26). The molecular weight excluding hydrogens is 330 g/mol. The van der Waals surface area contributed by atoms with Gasteiger partial charge in [-0.2, -0.15) is 0 Å². The van der Waals surface area contributed by atoms with E-state index in [1.807, 2.05) is 42.5 Å². The average Bonchev–Trinajstić information content (AvgIpc) is 2.87. The summed E-state index contributed by atoms with van der Waals surface area (Å²) in [7, 11) is 0. The van der Waals surface area contributed by atoms with Gasteiger partial charge in [-0.3, -0.25) is 14.5 Å². The predicted molar refractivity (Wildman–Crippen MR) is 98.6 cm³/mol. The van der Waals surface area contributed by atoms with Crippen molar-refractivity contribution in [3.63, 3.8) is 0 Å². The number of rotatable bonds is 3. The first-order chi connectivity index (χ1) is 12.6. The largest absolute Gasteiger partial charge is 0.325 e. The van der Waals surface area contributed by atoms with Crippen molar-refractivity contribution in [2.75, 3.05) is 11.9 Å². The maximum atomic E-state index is 12.8. The Morgan fingerprint density at radius 3 is 2.58 bits per heavy atom. The molecule has 1 spiro atoms. The molecule has 0 bridgehead atoms. The van der Waals surface area contributed by atoms with Gasteiger partial charge in [-0.05, 0) is 24.3 Å². The molecule has 26 heavy (non-hydrogen) atoms. The summed E-state index contributed by atoms with van der Waals surface area (Å²) in [5, 5.41) is 7.59. The lowest BCUT2D eigenvalue weighted by Crippen LogP contribution is -2.48. The summed E-state index contributed by atoms with van der Waals surface area (Å²) in [6.07, 6.45) is 4.22. The second-order valence-corrected chi connectivity index (χ2v) is 7.04. The van der Waals surface area contributed by atoms with E-state index in [1.165, 1.54) is 0 Å². The van der Waals surface area contributed by atoms with Gasteiger partial charge in [-0.1, -0.05) is 55.7 Å². The third-order valence-electron chi connectivity index (χ3n) is 5.32. The number of imide groups is 1. The van der Waals surface area contributed by atoms with E-state index in [0.717, 1.165) is 34.9 Å². The van der Waals surface area contributed by atoms with Gasteiger partial charge in [0.2, 0.25) is 5.91 Å². The third-order valence-corrected chi connectivity index (χ3v) is 5.32. The van der Waals surface area contributed by atoms with E-state index < -0.39 is 11.6 Å². The summed E-state index contributed by atoms with van der Waals surface area (Å²) < 4.78 is 0. The Morgan fingerprint density at radius 1 is 1.04 bits per heavy atom. The van der Waals surface area contributed by atoms with E-state index >= 15 is 0 Å². The van der Waals surface area contributed by atoms with E-state index in [0.29, 0.717) is 18.5 Å². The molecule has 6 nitrogen and oxygen atoms in total. The molecule has 4 amide bonds. The van der Waals surface area contributed by atoms with Gasteiger partial charge in [0.25, 0.3) is 5.91 Å². The molecule has 2 aromatic rings. The highest BCUT2D eigenvalue weighted by atomic mass is 16.2. The predicted octanol–water partition coefficient (Wildman–Crippen LogP) is 3.03. The fourth-order valence-electron chi connectivity index (χ4n) is 3.98. The number of hydrogen-bond acceptors (Lipinski definition) is 3. The van der Waals surface area contributed by atoms with Crippen LogP contribution in [-0.4, -0.2) is 34.8 Å². The number of urea groups is 1. The van der Waals surface area contributed by atoms with Gasteiger partial charge in [-0.15, -0.1) is 0 Å². The van der Waals surface area contributed by atoms with Crippen LogP contribution in [0.1, 0.15) is 32.1 Å². The summed E-state index contributed by atoms with van der Waals surface area (Å²) >= 11 is 0. The maximum Gasteiger partial charge on any atom is 0.325 e. The van der Waals surface area contributed by atoms with Crippen LogP contribution in [-0.2, 0) is 9.59 Å². The topological polar surface area (TPSA) is 78.5 Å². The Balaban J connectivity index is 1.49. The van der Waals surface area contributed by atoms with E-state index in [-0.39, 0.29) is 18.4 Å². The van der Waals surface area contributed by atoms with Crippen molar-refractivity contribution in [2.24, 2.45) is 0 Å². The van der Waals surface area contributed by atoms with E-state index in [4.69, 9.17) is 0 Å². The number of amides is 4. The zero-order valence-electron chi connectivity index (χ0n) is 14.5. The summed E-state index contributed by atoms with van der Waals surface area (Å²) in [5.74, 6) is -0.645. The van der Waals surface area contributed by atoms with Crippen LogP contribution in [0.2, 0.25) is 0 Å². The second-order valence-electron chi connectivity index (χ2n) is 7.04. The highest BCUT2D eigenvalue weighted by Gasteiger charge is 2.51. The summed E-state index contributed by atoms with van der Waals surface area (Å²) in [6, 6.07) is 12.9. The molecule has 1 saturated carbocycles. The van der Waals surface area contributed by atoms with Gasteiger partial charge in [0.05, 0.1) is 0 Å². The molecule has 1 heterocycles. The molecule has 4 rings (SSSR count). The van der Waals surface area contributed by atoms with Gasteiger partial charge in [0, 0.05) is 11.1 Å². The van der Waals surface area contributed by atoms with Crippen LogP contribution in [0.3, 0.4) is 0 Å². The molecule has 2 N–H and O–H groups in total. The van der Waals surface area contributed by atoms with Crippen molar-refractivity contribution in [1.82, 2.24) is 10.2 Å². The second kappa shape index (κ2) is 6.44. The molecule has 1 aliphatic heterocycles. The Hall–Kier alpha value is -2.89. The van der Waals surface area contributed by atoms with Gasteiger partial charge in [0.15, 0.2) is 0 Å². The molecule has 2 aromatic carbocycles. The van der Waals surface area contributed by atoms with E-state index in [1.54, 1.807) is 0 Å². The minimum atomic E-state index is -0.797. The van der Waals surface area contributed by atoms with Crippen molar-refractivity contribution in [3.05, 3.63) is 42.5 Å². The molecule has 0 unspecified atom stereocenters. The smallest absolute Gasteiger partial charge is 0.324 e. The summed E-state index contributed by atoms with van der Waals surface area (Å²) in [5.41, 5.74) is -0.123. The SMILES string of the molecule is O=C(CN1C(=O)NC2(CCCCC2)C1=O)Nc1cccc2ccccc12. The number of benzene rings is 2. The highest BCUT2D eigenvalue weighted by Crippen LogP contribution is 2.33. The van der Waals surface area contributed by atoms with Crippen molar-refractivity contribution >= 4 is 34.3 Å². The monoisotopic (exact) mass is 351 g/mol. The molecule has 2 aliphatic rings. The van der Waals surface area contributed by atoms with Crippen LogP contribution < -0.4 is 10.6 Å². The Labute approximate surface area is 151 Å². The van der Waals surface area contributed by atoms with Crippen LogP contribution in [0.4, 0.5) is 10.5 Å². The maximum absolute atomic E-state index is 12.8. The molecule has 0 aromatic heterocycles. The lowest BCUT2D eigenvalue weighted by atomic mass is 9.82. The Morgan fingerprint density at radius 2 is 1.77 bits per heavy atom. The fraction of sp³-hybridized carbons (Fsp3) is 0.350. The highest BCUT2D eigenvalue weighted by molar-refractivity contribution is 6.11. The quantitative estimate of drug-likeness (QED) is 0.834. The van der Waals surface area contributed by atoms with Crippen LogP contribution in [0.25, 0.3) is 10.8 Å². The Kier molecular flexibility index (Phi) is 4.11. The fourth-order valence-corrected chi connectivity index (χ4v) is 3.98. The number of carbonyl (C=O) groups is 3. The number of nitrogens with one attached hydrogen (secondary N) is 2. The number of carbonyl (C=O) groups excluding carboxylic acids is 3. The molecule has 0 radical (unpaired) electrons. The van der Waals surface area contributed by atoms with E-state index in [9.17, 15) is 14.4 Å². The minimum Gasteiger partial charge on any atom is -0.324 e. The third kappa shape index (κ3) is 2.81. The molecule has 1 saturated heterocycles. The van der Waals surface area contributed by atoms with E-state index in [2.05, 4.69) is 10.6 Å².